The Kier molecular flexibility index (Phi) is 7.42. The zero-order valence-electron chi connectivity index (χ0n) is 14.7. The first-order chi connectivity index (χ1) is 12.8. The third-order valence-electron chi connectivity index (χ3n) is 4.21. The molecule has 1 heterocycles. The summed E-state index contributed by atoms with van der Waals surface area (Å²) in [6, 6.07) is 2.96. The molecule has 0 unspecified atom stereocenters. The summed E-state index contributed by atoms with van der Waals surface area (Å²) in [5, 5.41) is 48.8. The standard InChI is InChI=1S/C16H23BN2O8/c20-13(21)7-18-5-6-19-8-11(9-19)27-12-2-1-10(3-4-17(25)26)15(22)14(12)16(23)24/h1-2,11,18,22,25-26H,3-9H2,(H,20,21)(H,23,24). The Balaban J connectivity index is 1.90. The van der Waals surface area contributed by atoms with Crippen LogP contribution in [0.1, 0.15) is 15.9 Å². The van der Waals surface area contributed by atoms with Gasteiger partial charge in [0, 0.05) is 26.2 Å². The second kappa shape index (κ2) is 9.56. The van der Waals surface area contributed by atoms with Crippen LogP contribution in [0.3, 0.4) is 0 Å². The summed E-state index contributed by atoms with van der Waals surface area (Å²) in [4.78, 5) is 23.9. The zero-order valence-corrected chi connectivity index (χ0v) is 14.7. The molecule has 0 atom stereocenters. The van der Waals surface area contributed by atoms with Gasteiger partial charge in [0.25, 0.3) is 0 Å². The lowest BCUT2D eigenvalue weighted by molar-refractivity contribution is -0.136. The van der Waals surface area contributed by atoms with Gasteiger partial charge in [-0.3, -0.25) is 9.69 Å². The number of carboxylic acid groups (broad SMARTS) is 2. The minimum absolute atomic E-state index is 0.0275. The van der Waals surface area contributed by atoms with E-state index < -0.39 is 24.8 Å². The number of likely N-dealkylation sites (tertiary alicyclic amines) is 1. The van der Waals surface area contributed by atoms with E-state index in [0.717, 1.165) is 0 Å². The Labute approximate surface area is 156 Å². The molecule has 11 heteroatoms. The third kappa shape index (κ3) is 6.10. The van der Waals surface area contributed by atoms with Crippen LogP contribution in [0.25, 0.3) is 0 Å². The molecule has 0 amide bonds. The summed E-state index contributed by atoms with van der Waals surface area (Å²) in [5.74, 6) is -2.63. The van der Waals surface area contributed by atoms with Crippen LogP contribution in [0.4, 0.5) is 0 Å². The lowest BCUT2D eigenvalue weighted by Gasteiger charge is -2.39. The van der Waals surface area contributed by atoms with Crippen molar-refractivity contribution < 1.29 is 39.7 Å². The molecule has 148 valence electrons. The van der Waals surface area contributed by atoms with Gasteiger partial charge in [-0.05, 0) is 24.4 Å². The highest BCUT2D eigenvalue weighted by molar-refractivity contribution is 6.41. The topological polar surface area (TPSA) is 160 Å². The molecule has 1 fully saturated rings. The van der Waals surface area contributed by atoms with Gasteiger partial charge >= 0.3 is 19.1 Å². The SMILES string of the molecule is O=C(O)CNCCN1CC(Oc2ccc(CCB(O)O)c(O)c2C(=O)O)C1. The third-order valence-corrected chi connectivity index (χ3v) is 4.21. The second-order valence-electron chi connectivity index (χ2n) is 6.34. The number of benzene rings is 1. The quantitative estimate of drug-likeness (QED) is 0.204. The van der Waals surface area contributed by atoms with Gasteiger partial charge in [-0.15, -0.1) is 0 Å². The van der Waals surface area contributed by atoms with Crippen LogP contribution in [0.15, 0.2) is 12.1 Å². The maximum Gasteiger partial charge on any atom is 0.451 e. The highest BCUT2D eigenvalue weighted by Crippen LogP contribution is 2.33. The minimum Gasteiger partial charge on any atom is -0.507 e. The fourth-order valence-corrected chi connectivity index (χ4v) is 2.80. The summed E-state index contributed by atoms with van der Waals surface area (Å²) in [5.41, 5.74) is -0.0471. The first-order valence-electron chi connectivity index (χ1n) is 8.53. The normalized spacial score (nSPS) is 14.6. The van der Waals surface area contributed by atoms with Crippen molar-refractivity contribution in [2.45, 2.75) is 18.8 Å². The van der Waals surface area contributed by atoms with E-state index in [1.54, 1.807) is 0 Å². The van der Waals surface area contributed by atoms with E-state index in [2.05, 4.69) is 5.32 Å². The molecule has 0 spiro atoms. The number of hydrogen-bond acceptors (Lipinski definition) is 8. The molecular weight excluding hydrogens is 359 g/mol. The second-order valence-corrected chi connectivity index (χ2v) is 6.34. The molecule has 1 aromatic rings. The van der Waals surface area contributed by atoms with Gasteiger partial charge in [0.2, 0.25) is 0 Å². The number of rotatable bonds is 11. The summed E-state index contributed by atoms with van der Waals surface area (Å²) in [6.45, 7) is 2.19. The molecule has 0 aliphatic carbocycles. The average molecular weight is 382 g/mol. The van der Waals surface area contributed by atoms with Gasteiger partial charge in [-0.1, -0.05) is 6.07 Å². The predicted octanol–water partition coefficient (Wildman–Crippen LogP) is -1.16. The molecule has 27 heavy (non-hydrogen) atoms. The number of nitrogens with zero attached hydrogens (tertiary/aromatic N) is 1. The van der Waals surface area contributed by atoms with Gasteiger partial charge in [0.05, 0.1) is 6.54 Å². The summed E-state index contributed by atoms with van der Waals surface area (Å²) in [6.07, 6.45) is -0.141. The number of ether oxygens (including phenoxy) is 1. The van der Waals surface area contributed by atoms with E-state index in [-0.39, 0.29) is 36.7 Å². The first-order valence-corrected chi connectivity index (χ1v) is 8.53. The van der Waals surface area contributed by atoms with Crippen molar-refractivity contribution in [1.82, 2.24) is 10.2 Å². The molecule has 6 N–H and O–H groups in total. The van der Waals surface area contributed by atoms with Crippen molar-refractivity contribution in [2.75, 3.05) is 32.7 Å². The largest absolute Gasteiger partial charge is 0.507 e. The van der Waals surface area contributed by atoms with Crippen molar-refractivity contribution in [2.24, 2.45) is 0 Å². The van der Waals surface area contributed by atoms with E-state index in [4.69, 9.17) is 19.9 Å². The van der Waals surface area contributed by atoms with Crippen LogP contribution in [0, 0.1) is 0 Å². The molecule has 0 radical (unpaired) electrons. The van der Waals surface area contributed by atoms with Crippen LogP contribution < -0.4 is 10.1 Å². The van der Waals surface area contributed by atoms with Gasteiger partial charge in [0.1, 0.15) is 23.2 Å². The van der Waals surface area contributed by atoms with E-state index >= 15 is 0 Å². The molecular formula is C16H23BN2O8. The van der Waals surface area contributed by atoms with Crippen molar-refractivity contribution >= 4 is 19.1 Å². The van der Waals surface area contributed by atoms with E-state index in [1.807, 2.05) is 4.90 Å². The van der Waals surface area contributed by atoms with Gasteiger partial charge in [0.15, 0.2) is 0 Å². The molecule has 1 saturated heterocycles. The lowest BCUT2D eigenvalue weighted by atomic mass is 9.82. The number of hydrogen-bond donors (Lipinski definition) is 6. The fourth-order valence-electron chi connectivity index (χ4n) is 2.80. The fraction of sp³-hybridized carbons (Fsp3) is 0.500. The Morgan fingerprint density at radius 1 is 1.26 bits per heavy atom. The van der Waals surface area contributed by atoms with Crippen molar-refractivity contribution in [3.63, 3.8) is 0 Å². The smallest absolute Gasteiger partial charge is 0.451 e. The Bertz CT molecular complexity index is 679. The Hall–Kier alpha value is -2.34. The number of aryl methyl sites for hydroxylation is 1. The van der Waals surface area contributed by atoms with E-state index in [9.17, 15) is 19.8 Å². The summed E-state index contributed by atoms with van der Waals surface area (Å²) < 4.78 is 5.68. The molecule has 1 aliphatic rings. The number of nitrogens with one attached hydrogen (secondary N) is 1. The first kappa shape index (κ1) is 21.0. The summed E-state index contributed by atoms with van der Waals surface area (Å²) in [7, 11) is -1.54. The van der Waals surface area contributed by atoms with Crippen LogP contribution in [0.2, 0.25) is 6.32 Å². The molecule has 2 rings (SSSR count). The molecule has 1 aliphatic heterocycles. The number of carboxylic acids is 2. The number of carbonyl (C=O) groups is 2. The zero-order chi connectivity index (χ0) is 20.0. The maximum atomic E-state index is 11.5. The van der Waals surface area contributed by atoms with Crippen LogP contribution in [0.5, 0.6) is 11.5 Å². The highest BCUT2D eigenvalue weighted by atomic mass is 16.5. The van der Waals surface area contributed by atoms with Crippen molar-refractivity contribution in [3.05, 3.63) is 23.3 Å². The van der Waals surface area contributed by atoms with Crippen molar-refractivity contribution in [1.29, 1.82) is 0 Å². The minimum atomic E-state index is -1.54. The van der Waals surface area contributed by atoms with Crippen molar-refractivity contribution in [3.8, 4) is 11.5 Å². The Morgan fingerprint density at radius 3 is 2.56 bits per heavy atom. The maximum absolute atomic E-state index is 11.5. The van der Waals surface area contributed by atoms with Crippen LogP contribution in [-0.2, 0) is 11.2 Å². The van der Waals surface area contributed by atoms with Gasteiger partial charge in [-0.25, -0.2) is 4.79 Å². The number of aromatic hydroxyl groups is 1. The molecule has 10 nitrogen and oxygen atoms in total. The summed E-state index contributed by atoms with van der Waals surface area (Å²) >= 11 is 0. The average Bonchev–Trinajstić information content (AvgIpc) is 2.54. The highest BCUT2D eigenvalue weighted by Gasteiger charge is 2.30. The number of aromatic carboxylic acids is 1. The molecule has 1 aromatic carbocycles. The van der Waals surface area contributed by atoms with Crippen LogP contribution >= 0.6 is 0 Å². The van der Waals surface area contributed by atoms with E-state index in [1.165, 1.54) is 12.1 Å². The van der Waals surface area contributed by atoms with Gasteiger partial charge < -0.3 is 35.4 Å². The monoisotopic (exact) mass is 382 g/mol. The molecule has 0 aromatic heterocycles. The number of aliphatic carboxylic acids is 1. The van der Waals surface area contributed by atoms with Crippen LogP contribution in [-0.4, -0.2) is 88.2 Å². The number of phenols is 1. The lowest BCUT2D eigenvalue weighted by Crippen LogP contribution is -2.55. The molecule has 0 saturated carbocycles. The predicted molar refractivity (Wildman–Crippen MR) is 95.1 cm³/mol. The van der Waals surface area contributed by atoms with E-state index in [0.29, 0.717) is 31.7 Å². The Morgan fingerprint density at radius 2 is 1.96 bits per heavy atom. The molecule has 0 bridgehead atoms. The van der Waals surface area contributed by atoms with Gasteiger partial charge in [-0.2, -0.15) is 0 Å².